The molecule has 0 radical (unpaired) electrons. The molecule has 3 rings (SSSR count). The van der Waals surface area contributed by atoms with E-state index in [0.29, 0.717) is 26.1 Å². The molecule has 0 aromatic heterocycles. The van der Waals surface area contributed by atoms with Gasteiger partial charge in [0.15, 0.2) is 5.79 Å². The standard InChI is InChI=1S/C29H36O6/c1-5-11-25(32-21-23-15-17-24(31-4)18-16-23)27-28(35-29(2,3)34-27)26(14-9-10-19-30)33-20-22-12-7-6-8-13-22/h5-8,12-13,15-18,25-28,30H,1,11,14,19-21H2,2-4H3/t25-,26+,27-,28-/m1/s1. The first-order valence-corrected chi connectivity index (χ1v) is 11.9. The van der Waals surface area contributed by atoms with Gasteiger partial charge in [0.05, 0.1) is 32.5 Å². The molecule has 4 atom stereocenters. The summed E-state index contributed by atoms with van der Waals surface area (Å²) in [5.74, 6) is 5.71. The maximum absolute atomic E-state index is 9.15. The predicted octanol–water partition coefficient (Wildman–Crippen LogP) is 4.65. The Hall–Kier alpha value is -2.66. The fraction of sp³-hybridized carbons (Fsp3) is 0.448. The molecule has 1 fully saturated rings. The minimum atomic E-state index is -0.809. The van der Waals surface area contributed by atoms with E-state index >= 15 is 0 Å². The number of ether oxygens (including phenoxy) is 5. The zero-order chi connectivity index (χ0) is 25.1. The fourth-order valence-electron chi connectivity index (χ4n) is 4.05. The molecular formula is C29H36O6. The number of aliphatic hydroxyl groups is 1. The zero-order valence-electron chi connectivity index (χ0n) is 20.8. The van der Waals surface area contributed by atoms with Gasteiger partial charge in [-0.05, 0) is 43.5 Å². The second-order valence-electron chi connectivity index (χ2n) is 8.84. The molecule has 0 aliphatic carbocycles. The fourth-order valence-corrected chi connectivity index (χ4v) is 4.05. The Balaban J connectivity index is 1.78. The summed E-state index contributed by atoms with van der Waals surface area (Å²) in [6, 6.07) is 17.7. The van der Waals surface area contributed by atoms with Crippen LogP contribution in [0.5, 0.6) is 5.75 Å². The van der Waals surface area contributed by atoms with Gasteiger partial charge in [-0.3, -0.25) is 0 Å². The highest BCUT2D eigenvalue weighted by Gasteiger charge is 2.49. The Kier molecular flexibility index (Phi) is 10.3. The van der Waals surface area contributed by atoms with Gasteiger partial charge in [0.1, 0.15) is 24.6 Å². The molecule has 0 unspecified atom stereocenters. The largest absolute Gasteiger partial charge is 0.497 e. The van der Waals surface area contributed by atoms with Crippen LogP contribution in [-0.4, -0.2) is 49.0 Å². The number of hydrogen-bond acceptors (Lipinski definition) is 6. The summed E-state index contributed by atoms with van der Waals surface area (Å²) in [5.41, 5.74) is 2.08. The number of benzene rings is 2. The van der Waals surface area contributed by atoms with Crippen LogP contribution in [0.3, 0.4) is 0 Å². The van der Waals surface area contributed by atoms with E-state index in [9.17, 15) is 0 Å². The molecule has 0 saturated carbocycles. The van der Waals surface area contributed by atoms with Crippen molar-refractivity contribution in [1.29, 1.82) is 0 Å². The van der Waals surface area contributed by atoms with E-state index in [1.165, 1.54) is 0 Å². The molecule has 1 heterocycles. The summed E-state index contributed by atoms with van der Waals surface area (Å²) in [6.07, 6.45) is 1.33. The lowest BCUT2D eigenvalue weighted by Crippen LogP contribution is -2.44. The molecule has 1 saturated heterocycles. The van der Waals surface area contributed by atoms with E-state index in [0.717, 1.165) is 16.9 Å². The molecule has 1 aliphatic heterocycles. The molecule has 2 aromatic carbocycles. The van der Waals surface area contributed by atoms with E-state index in [-0.39, 0.29) is 18.8 Å². The Labute approximate surface area is 208 Å². The monoisotopic (exact) mass is 480 g/mol. The van der Waals surface area contributed by atoms with Gasteiger partial charge in [-0.2, -0.15) is 0 Å². The number of methoxy groups -OCH3 is 1. The molecule has 0 amide bonds. The zero-order valence-corrected chi connectivity index (χ0v) is 20.8. The van der Waals surface area contributed by atoms with Gasteiger partial charge in [0.25, 0.3) is 0 Å². The van der Waals surface area contributed by atoms with E-state index in [1.54, 1.807) is 7.11 Å². The van der Waals surface area contributed by atoms with Crippen molar-refractivity contribution in [3.63, 3.8) is 0 Å². The normalized spacial score (nSPS) is 20.5. The number of aliphatic hydroxyl groups excluding tert-OH is 1. The first kappa shape index (κ1) is 26.9. The minimum absolute atomic E-state index is 0.202. The van der Waals surface area contributed by atoms with Crippen molar-refractivity contribution < 1.29 is 28.8 Å². The van der Waals surface area contributed by atoms with Gasteiger partial charge >= 0.3 is 0 Å². The number of rotatable bonds is 12. The summed E-state index contributed by atoms with van der Waals surface area (Å²) in [6.45, 7) is 8.33. The van der Waals surface area contributed by atoms with Crippen LogP contribution in [0.25, 0.3) is 0 Å². The van der Waals surface area contributed by atoms with E-state index in [4.69, 9.17) is 28.8 Å². The number of hydrogen-bond donors (Lipinski definition) is 1. The third-order valence-electron chi connectivity index (χ3n) is 5.73. The van der Waals surface area contributed by atoms with Crippen LogP contribution in [0.15, 0.2) is 67.3 Å². The maximum atomic E-state index is 9.15. The Morgan fingerprint density at radius 3 is 2.14 bits per heavy atom. The molecule has 35 heavy (non-hydrogen) atoms. The van der Waals surface area contributed by atoms with Gasteiger partial charge in [-0.15, -0.1) is 6.58 Å². The van der Waals surface area contributed by atoms with Gasteiger partial charge in [-0.1, -0.05) is 60.4 Å². The Bertz CT molecular complexity index is 960. The lowest BCUT2D eigenvalue weighted by Gasteiger charge is -2.30. The lowest BCUT2D eigenvalue weighted by molar-refractivity contribution is -0.166. The second-order valence-corrected chi connectivity index (χ2v) is 8.84. The van der Waals surface area contributed by atoms with E-state index in [2.05, 4.69) is 18.4 Å². The van der Waals surface area contributed by atoms with Crippen molar-refractivity contribution in [2.24, 2.45) is 0 Å². The molecule has 188 valence electrons. The third-order valence-corrected chi connectivity index (χ3v) is 5.73. The van der Waals surface area contributed by atoms with Crippen molar-refractivity contribution in [3.05, 3.63) is 78.4 Å². The molecule has 0 bridgehead atoms. The summed E-state index contributed by atoms with van der Waals surface area (Å²) in [7, 11) is 1.65. The third kappa shape index (κ3) is 8.21. The summed E-state index contributed by atoms with van der Waals surface area (Å²) in [5, 5.41) is 9.15. The van der Waals surface area contributed by atoms with Crippen molar-refractivity contribution in [2.45, 2.75) is 70.1 Å². The molecular weight excluding hydrogens is 444 g/mol. The smallest absolute Gasteiger partial charge is 0.164 e. The SMILES string of the molecule is C=CC[C@@H](OCc1ccc(OC)cc1)[C@H]1OC(C)(C)O[C@@H]1[C@H](CC#CCO)OCc1ccccc1. The van der Waals surface area contributed by atoms with Crippen LogP contribution in [0, 0.1) is 11.8 Å². The average molecular weight is 481 g/mol. The van der Waals surface area contributed by atoms with Crippen molar-refractivity contribution in [3.8, 4) is 17.6 Å². The van der Waals surface area contributed by atoms with Crippen molar-refractivity contribution in [2.75, 3.05) is 13.7 Å². The molecule has 6 heteroatoms. The van der Waals surface area contributed by atoms with Gasteiger partial charge in [-0.25, -0.2) is 0 Å². The van der Waals surface area contributed by atoms with Crippen LogP contribution in [0.2, 0.25) is 0 Å². The van der Waals surface area contributed by atoms with Gasteiger partial charge < -0.3 is 28.8 Å². The minimum Gasteiger partial charge on any atom is -0.497 e. The van der Waals surface area contributed by atoms with Crippen molar-refractivity contribution in [1.82, 2.24) is 0 Å². The topological polar surface area (TPSA) is 66.4 Å². The Morgan fingerprint density at radius 2 is 1.54 bits per heavy atom. The highest BCUT2D eigenvalue weighted by atomic mass is 16.8. The summed E-state index contributed by atoms with van der Waals surface area (Å²) >= 11 is 0. The Morgan fingerprint density at radius 1 is 0.943 bits per heavy atom. The lowest BCUT2D eigenvalue weighted by atomic mass is 9.98. The van der Waals surface area contributed by atoms with Gasteiger partial charge in [0.2, 0.25) is 0 Å². The molecule has 1 aliphatic rings. The molecule has 6 nitrogen and oxygen atoms in total. The van der Waals surface area contributed by atoms with E-state index in [1.807, 2.05) is 74.5 Å². The first-order valence-electron chi connectivity index (χ1n) is 11.9. The highest BCUT2D eigenvalue weighted by Crippen LogP contribution is 2.36. The molecule has 0 spiro atoms. The van der Waals surface area contributed by atoms with E-state index < -0.39 is 18.0 Å². The highest BCUT2D eigenvalue weighted by molar-refractivity contribution is 5.26. The van der Waals surface area contributed by atoms with Crippen LogP contribution >= 0.6 is 0 Å². The first-order chi connectivity index (χ1) is 17.0. The average Bonchev–Trinajstić information content (AvgIpc) is 3.19. The van der Waals surface area contributed by atoms with Crippen LogP contribution in [0.4, 0.5) is 0 Å². The predicted molar refractivity (Wildman–Crippen MR) is 135 cm³/mol. The quantitative estimate of drug-likeness (QED) is 0.352. The van der Waals surface area contributed by atoms with Crippen LogP contribution < -0.4 is 4.74 Å². The summed E-state index contributed by atoms with van der Waals surface area (Å²) in [4.78, 5) is 0. The maximum Gasteiger partial charge on any atom is 0.164 e. The van der Waals surface area contributed by atoms with Crippen LogP contribution in [0.1, 0.15) is 37.8 Å². The van der Waals surface area contributed by atoms with Crippen molar-refractivity contribution >= 4 is 0 Å². The summed E-state index contributed by atoms with van der Waals surface area (Å²) < 4.78 is 30.6. The second kappa shape index (κ2) is 13.4. The molecule has 2 aromatic rings. The van der Waals surface area contributed by atoms with Gasteiger partial charge in [0, 0.05) is 6.42 Å². The molecule has 1 N–H and O–H groups in total. The van der Waals surface area contributed by atoms with Crippen LogP contribution in [-0.2, 0) is 32.2 Å².